The summed E-state index contributed by atoms with van der Waals surface area (Å²) in [4.78, 5) is 27.5. The van der Waals surface area contributed by atoms with Crippen molar-refractivity contribution in [3.8, 4) is 0 Å². The van der Waals surface area contributed by atoms with Crippen LogP contribution in [0.15, 0.2) is 95.9 Å². The lowest BCUT2D eigenvalue weighted by Crippen LogP contribution is -2.45. The predicted octanol–water partition coefficient (Wildman–Crippen LogP) is 6.35. The predicted molar refractivity (Wildman–Crippen MR) is 149 cm³/mol. The molecule has 4 aromatic rings. The van der Waals surface area contributed by atoms with E-state index in [2.05, 4.69) is 36.1 Å². The van der Waals surface area contributed by atoms with Crippen LogP contribution in [0.5, 0.6) is 0 Å². The van der Waals surface area contributed by atoms with Gasteiger partial charge in [-0.15, -0.1) is 0 Å². The quantitative estimate of drug-likeness (QED) is 0.239. The molecule has 5 nitrogen and oxygen atoms in total. The molecule has 0 aliphatic rings. The maximum Gasteiger partial charge on any atom is 0.251 e. The standard InChI is InChI=1S/C30H30FN3O2S/c1-30(2,3)34-37-27-14-8-11-23-24(27)12-7-13-25(23)32-29(36)26(19-20-15-17-22(31)18-16-20)33-28(35)21-9-5-4-6-10-21/h4-18,26,34H,19H2,1-3H3,(H,32,36)(H,33,35)/t26-/m0/s1. The Hall–Kier alpha value is -3.68. The van der Waals surface area contributed by atoms with Gasteiger partial charge in [0.05, 0.1) is 0 Å². The van der Waals surface area contributed by atoms with Crippen molar-refractivity contribution in [2.75, 3.05) is 5.32 Å². The molecule has 0 aromatic heterocycles. The minimum Gasteiger partial charge on any atom is -0.340 e. The topological polar surface area (TPSA) is 70.2 Å². The molecule has 4 aromatic carbocycles. The van der Waals surface area contributed by atoms with Gasteiger partial charge in [0.1, 0.15) is 11.9 Å². The number of halogens is 1. The molecule has 0 unspecified atom stereocenters. The molecule has 2 amide bonds. The van der Waals surface area contributed by atoms with Gasteiger partial charge < -0.3 is 10.6 Å². The van der Waals surface area contributed by atoms with E-state index in [1.165, 1.54) is 12.1 Å². The number of anilines is 1. The van der Waals surface area contributed by atoms with E-state index in [4.69, 9.17) is 0 Å². The minimum atomic E-state index is -0.867. The van der Waals surface area contributed by atoms with Crippen molar-refractivity contribution in [2.24, 2.45) is 0 Å². The molecule has 0 heterocycles. The highest BCUT2D eigenvalue weighted by Gasteiger charge is 2.23. The molecular weight excluding hydrogens is 485 g/mol. The lowest BCUT2D eigenvalue weighted by Gasteiger charge is -2.21. The summed E-state index contributed by atoms with van der Waals surface area (Å²) < 4.78 is 16.9. The van der Waals surface area contributed by atoms with Crippen LogP contribution in [0.1, 0.15) is 36.7 Å². The van der Waals surface area contributed by atoms with E-state index in [1.807, 2.05) is 42.5 Å². The molecule has 0 bridgehead atoms. The van der Waals surface area contributed by atoms with Crippen molar-refractivity contribution < 1.29 is 14.0 Å². The third-order valence-electron chi connectivity index (χ3n) is 5.62. The Balaban J connectivity index is 1.60. The van der Waals surface area contributed by atoms with Crippen LogP contribution in [-0.2, 0) is 11.2 Å². The Morgan fingerprint density at radius 2 is 1.51 bits per heavy atom. The van der Waals surface area contributed by atoms with Gasteiger partial charge in [0.2, 0.25) is 5.91 Å². The largest absolute Gasteiger partial charge is 0.340 e. The van der Waals surface area contributed by atoms with E-state index in [-0.39, 0.29) is 29.6 Å². The van der Waals surface area contributed by atoms with Crippen molar-refractivity contribution in [3.05, 3.63) is 108 Å². The molecular formula is C30H30FN3O2S. The number of hydrogen-bond donors (Lipinski definition) is 3. The van der Waals surface area contributed by atoms with Crippen molar-refractivity contribution >= 4 is 40.2 Å². The smallest absolute Gasteiger partial charge is 0.251 e. The van der Waals surface area contributed by atoms with Gasteiger partial charge >= 0.3 is 0 Å². The van der Waals surface area contributed by atoms with E-state index >= 15 is 0 Å². The van der Waals surface area contributed by atoms with Gasteiger partial charge in [-0.05, 0) is 80.1 Å². The number of amides is 2. The number of nitrogens with one attached hydrogen (secondary N) is 3. The first kappa shape index (κ1) is 26.4. The summed E-state index contributed by atoms with van der Waals surface area (Å²) >= 11 is 1.55. The molecule has 4 rings (SSSR count). The van der Waals surface area contributed by atoms with Crippen LogP contribution in [0.2, 0.25) is 0 Å². The highest BCUT2D eigenvalue weighted by atomic mass is 32.2. The van der Waals surface area contributed by atoms with Crippen LogP contribution >= 0.6 is 11.9 Å². The third kappa shape index (κ3) is 7.18. The molecule has 0 aliphatic heterocycles. The van der Waals surface area contributed by atoms with Crippen molar-refractivity contribution in [1.82, 2.24) is 10.0 Å². The Morgan fingerprint density at radius 3 is 2.22 bits per heavy atom. The number of fused-ring (bicyclic) bond motifs is 1. The highest BCUT2D eigenvalue weighted by Crippen LogP contribution is 2.32. The zero-order valence-corrected chi connectivity index (χ0v) is 21.9. The second-order valence-electron chi connectivity index (χ2n) is 9.82. The maximum absolute atomic E-state index is 13.5. The Morgan fingerprint density at radius 1 is 0.838 bits per heavy atom. The van der Waals surface area contributed by atoms with Crippen LogP contribution in [0.4, 0.5) is 10.1 Å². The fourth-order valence-corrected chi connectivity index (χ4v) is 4.65. The Labute approximate surface area is 221 Å². The first-order valence-corrected chi connectivity index (χ1v) is 12.9. The third-order valence-corrected chi connectivity index (χ3v) is 6.91. The van der Waals surface area contributed by atoms with Gasteiger partial charge in [0.15, 0.2) is 0 Å². The van der Waals surface area contributed by atoms with E-state index in [9.17, 15) is 14.0 Å². The molecule has 0 aliphatic carbocycles. The second-order valence-corrected chi connectivity index (χ2v) is 10.7. The molecule has 3 N–H and O–H groups in total. The number of benzene rings is 4. The lowest BCUT2D eigenvalue weighted by molar-refractivity contribution is -0.118. The zero-order valence-electron chi connectivity index (χ0n) is 21.0. The van der Waals surface area contributed by atoms with E-state index in [0.717, 1.165) is 21.2 Å². The summed E-state index contributed by atoms with van der Waals surface area (Å²) in [5, 5.41) is 7.77. The lowest BCUT2D eigenvalue weighted by atomic mass is 10.0. The first-order chi connectivity index (χ1) is 17.7. The van der Waals surface area contributed by atoms with Crippen molar-refractivity contribution in [3.63, 3.8) is 0 Å². The fourth-order valence-electron chi connectivity index (χ4n) is 3.80. The number of carbonyl (C=O) groups is 2. The van der Waals surface area contributed by atoms with Crippen LogP contribution in [-0.4, -0.2) is 23.4 Å². The van der Waals surface area contributed by atoms with E-state index in [0.29, 0.717) is 11.3 Å². The molecule has 0 spiro atoms. The highest BCUT2D eigenvalue weighted by molar-refractivity contribution is 7.97. The molecule has 0 saturated carbocycles. The second kappa shape index (κ2) is 11.6. The van der Waals surface area contributed by atoms with Crippen LogP contribution in [0.3, 0.4) is 0 Å². The fraction of sp³-hybridized carbons (Fsp3) is 0.200. The van der Waals surface area contributed by atoms with Crippen LogP contribution < -0.4 is 15.4 Å². The molecule has 0 radical (unpaired) electrons. The number of carbonyl (C=O) groups excluding carboxylic acids is 2. The SMILES string of the molecule is CC(C)(C)NSc1cccc2c(NC(=O)[C@H](Cc3ccc(F)cc3)NC(=O)c3ccccc3)cccc12. The summed E-state index contributed by atoms with van der Waals surface area (Å²) in [6, 6.07) is 25.5. The van der Waals surface area contributed by atoms with Gasteiger partial charge in [0, 0.05) is 33.5 Å². The average Bonchev–Trinajstić information content (AvgIpc) is 2.88. The molecule has 0 fully saturated rings. The molecule has 190 valence electrons. The van der Waals surface area contributed by atoms with Crippen LogP contribution in [0.25, 0.3) is 10.8 Å². The summed E-state index contributed by atoms with van der Waals surface area (Å²) in [7, 11) is 0. The average molecular weight is 516 g/mol. The van der Waals surface area contributed by atoms with E-state index in [1.54, 1.807) is 48.3 Å². The molecule has 0 saturated heterocycles. The van der Waals surface area contributed by atoms with Crippen molar-refractivity contribution in [1.29, 1.82) is 0 Å². The van der Waals surface area contributed by atoms with Gasteiger partial charge in [-0.25, -0.2) is 4.39 Å². The monoisotopic (exact) mass is 515 g/mol. The summed E-state index contributed by atoms with van der Waals surface area (Å²) in [5.74, 6) is -1.07. The number of hydrogen-bond acceptors (Lipinski definition) is 4. The molecule has 7 heteroatoms. The Bertz CT molecular complexity index is 1390. The molecule has 1 atom stereocenters. The van der Waals surface area contributed by atoms with Crippen LogP contribution in [0, 0.1) is 5.82 Å². The maximum atomic E-state index is 13.5. The van der Waals surface area contributed by atoms with Gasteiger partial charge in [-0.1, -0.05) is 54.6 Å². The van der Waals surface area contributed by atoms with Gasteiger partial charge in [0.25, 0.3) is 5.91 Å². The summed E-state index contributed by atoms with van der Waals surface area (Å²) in [6.07, 6.45) is 0.214. The summed E-state index contributed by atoms with van der Waals surface area (Å²) in [5.41, 5.74) is 1.78. The number of rotatable bonds is 8. The van der Waals surface area contributed by atoms with Gasteiger partial charge in [-0.2, -0.15) is 0 Å². The first-order valence-electron chi connectivity index (χ1n) is 12.1. The van der Waals surface area contributed by atoms with Crippen molar-refractivity contribution in [2.45, 2.75) is 43.7 Å². The summed E-state index contributed by atoms with van der Waals surface area (Å²) in [6.45, 7) is 6.30. The zero-order chi connectivity index (χ0) is 26.4. The molecule has 37 heavy (non-hydrogen) atoms. The minimum absolute atomic E-state index is 0.0663. The van der Waals surface area contributed by atoms with E-state index < -0.39 is 6.04 Å². The Kier molecular flexibility index (Phi) is 8.26. The van der Waals surface area contributed by atoms with Gasteiger partial charge in [-0.3, -0.25) is 14.3 Å². The normalized spacial score (nSPS) is 12.2.